The van der Waals surface area contributed by atoms with E-state index in [9.17, 15) is 18.0 Å². The first-order valence-corrected chi connectivity index (χ1v) is 14.5. The van der Waals surface area contributed by atoms with Crippen LogP contribution in [0.1, 0.15) is 47.3 Å². The lowest BCUT2D eigenvalue weighted by Crippen LogP contribution is -2.44. The van der Waals surface area contributed by atoms with Crippen molar-refractivity contribution in [3.05, 3.63) is 83.7 Å². The first kappa shape index (κ1) is 29.7. The Hall–Kier alpha value is -3.79. The van der Waals surface area contributed by atoms with Crippen molar-refractivity contribution in [1.82, 2.24) is 15.2 Å². The number of anilines is 2. The molecule has 0 aliphatic carbocycles. The zero-order chi connectivity index (χ0) is 29.7. The summed E-state index contributed by atoms with van der Waals surface area (Å²) in [5, 5.41) is 3.13. The van der Waals surface area contributed by atoms with Gasteiger partial charge in [-0.15, -0.1) is 0 Å². The maximum atomic E-state index is 12.8. The number of ether oxygens (including phenoxy) is 1. The zero-order valence-electron chi connectivity index (χ0n) is 24.1. The van der Waals surface area contributed by atoms with Crippen molar-refractivity contribution in [2.45, 2.75) is 50.6 Å². The van der Waals surface area contributed by atoms with E-state index in [1.807, 2.05) is 14.1 Å². The number of nitrogens with zero attached hydrogens (tertiary/aromatic N) is 4. The molecule has 0 unspecified atom stereocenters. The van der Waals surface area contributed by atoms with E-state index in [0.29, 0.717) is 24.5 Å². The number of hydrogen-bond donors (Lipinski definition) is 1. The van der Waals surface area contributed by atoms with Gasteiger partial charge in [0.05, 0.1) is 11.8 Å². The molecule has 0 bridgehead atoms. The number of hydrogen-bond acceptors (Lipinski definition) is 6. The third-order valence-corrected chi connectivity index (χ3v) is 8.06. The second-order valence-corrected chi connectivity index (χ2v) is 11.3. The normalized spacial score (nSPS) is 17.2. The molecule has 2 aliphatic rings. The van der Waals surface area contributed by atoms with E-state index in [1.165, 1.54) is 23.4 Å². The molecular formula is C32H38F3N5O2. The highest BCUT2D eigenvalue weighted by Gasteiger charge is 2.30. The molecular weight excluding hydrogens is 543 g/mol. The molecule has 1 aromatic heterocycles. The van der Waals surface area contributed by atoms with Crippen molar-refractivity contribution in [2.75, 3.05) is 50.1 Å². The van der Waals surface area contributed by atoms with Gasteiger partial charge in [-0.3, -0.25) is 9.69 Å². The Bertz CT molecular complexity index is 1300. The fourth-order valence-corrected chi connectivity index (χ4v) is 5.52. The Morgan fingerprint density at radius 1 is 0.929 bits per heavy atom. The number of carbonyl (C=O) groups is 1. The summed E-state index contributed by atoms with van der Waals surface area (Å²) in [5.74, 6) is 0.426. The molecule has 224 valence electrons. The fourth-order valence-electron chi connectivity index (χ4n) is 5.52. The number of amides is 1. The molecule has 5 rings (SSSR count). The van der Waals surface area contributed by atoms with Gasteiger partial charge in [-0.05, 0) is 66.9 Å². The molecule has 7 nitrogen and oxygen atoms in total. The highest BCUT2D eigenvalue weighted by atomic mass is 19.4. The fraction of sp³-hybridized carbons (Fsp3) is 0.438. The summed E-state index contributed by atoms with van der Waals surface area (Å²) in [5.41, 5.74) is 2.98. The van der Waals surface area contributed by atoms with Crippen molar-refractivity contribution in [3.8, 4) is 5.75 Å². The Morgan fingerprint density at radius 3 is 2.17 bits per heavy atom. The van der Waals surface area contributed by atoms with Crippen LogP contribution in [-0.4, -0.2) is 68.2 Å². The van der Waals surface area contributed by atoms with Crippen LogP contribution in [0.2, 0.25) is 0 Å². The van der Waals surface area contributed by atoms with Crippen molar-refractivity contribution >= 4 is 17.3 Å². The number of carbonyl (C=O) groups excluding carboxylic acids is 1. The number of rotatable bonds is 8. The van der Waals surface area contributed by atoms with Crippen LogP contribution in [0.15, 0.2) is 66.9 Å². The zero-order valence-corrected chi connectivity index (χ0v) is 24.1. The smallest absolute Gasteiger partial charge is 0.416 e. The SMILES string of the molecule is CN(C)c1ccc(CN2CCC(NC(=O)c3ccc(OC4CCN(c5ccc(C(F)(F)F)cc5)CC4)cn3)CC2)cc1. The van der Waals surface area contributed by atoms with Crippen LogP contribution in [0.4, 0.5) is 24.5 Å². The summed E-state index contributed by atoms with van der Waals surface area (Å²) < 4.78 is 44.6. The van der Waals surface area contributed by atoms with Crippen LogP contribution in [-0.2, 0) is 12.7 Å². The first-order valence-electron chi connectivity index (χ1n) is 14.5. The number of piperidine rings is 2. The molecule has 1 N–H and O–H groups in total. The van der Waals surface area contributed by atoms with E-state index in [4.69, 9.17) is 4.74 Å². The molecule has 0 spiro atoms. The highest BCUT2D eigenvalue weighted by Crippen LogP contribution is 2.31. The number of halogens is 3. The predicted octanol–water partition coefficient (Wildman–Crippen LogP) is 5.61. The predicted molar refractivity (Wildman–Crippen MR) is 158 cm³/mol. The molecule has 0 saturated carbocycles. The molecule has 2 aliphatic heterocycles. The Balaban J connectivity index is 1.03. The third kappa shape index (κ3) is 7.73. The first-order chi connectivity index (χ1) is 20.1. The summed E-state index contributed by atoms with van der Waals surface area (Å²) in [4.78, 5) is 23.7. The van der Waals surface area contributed by atoms with Gasteiger partial charge in [-0.2, -0.15) is 13.2 Å². The van der Waals surface area contributed by atoms with Crippen LogP contribution in [0.5, 0.6) is 5.75 Å². The summed E-state index contributed by atoms with van der Waals surface area (Å²) in [6, 6.07) is 17.5. The molecule has 3 heterocycles. The van der Waals surface area contributed by atoms with Crippen molar-refractivity contribution in [1.29, 1.82) is 0 Å². The summed E-state index contributed by atoms with van der Waals surface area (Å²) in [6.45, 7) is 4.14. The molecule has 2 fully saturated rings. The Morgan fingerprint density at radius 2 is 1.60 bits per heavy atom. The van der Waals surface area contributed by atoms with Crippen LogP contribution in [0, 0.1) is 0 Å². The lowest BCUT2D eigenvalue weighted by molar-refractivity contribution is -0.137. The van der Waals surface area contributed by atoms with Gasteiger partial charge < -0.3 is 19.9 Å². The lowest BCUT2D eigenvalue weighted by Gasteiger charge is -2.33. The van der Waals surface area contributed by atoms with E-state index in [0.717, 1.165) is 63.1 Å². The number of pyridine rings is 1. The largest absolute Gasteiger partial charge is 0.489 e. The van der Waals surface area contributed by atoms with E-state index < -0.39 is 11.7 Å². The van der Waals surface area contributed by atoms with E-state index in [2.05, 4.69) is 49.3 Å². The molecule has 3 aromatic rings. The minimum absolute atomic E-state index is 0.0201. The maximum Gasteiger partial charge on any atom is 0.416 e. The quantitative estimate of drug-likeness (QED) is 0.373. The van der Waals surface area contributed by atoms with Crippen molar-refractivity contribution in [2.24, 2.45) is 0 Å². The minimum Gasteiger partial charge on any atom is -0.489 e. The number of alkyl halides is 3. The van der Waals surface area contributed by atoms with Gasteiger partial charge in [0.25, 0.3) is 5.91 Å². The minimum atomic E-state index is -4.33. The van der Waals surface area contributed by atoms with E-state index in [1.54, 1.807) is 18.3 Å². The van der Waals surface area contributed by atoms with Gasteiger partial charge in [0.1, 0.15) is 17.5 Å². The average Bonchev–Trinajstić information content (AvgIpc) is 2.99. The molecule has 0 atom stereocenters. The molecule has 2 saturated heterocycles. The van der Waals surface area contributed by atoms with Crippen LogP contribution in [0.3, 0.4) is 0 Å². The Kier molecular flexibility index (Phi) is 9.21. The lowest BCUT2D eigenvalue weighted by atomic mass is 10.0. The monoisotopic (exact) mass is 581 g/mol. The van der Waals surface area contributed by atoms with E-state index >= 15 is 0 Å². The molecule has 2 aromatic carbocycles. The van der Waals surface area contributed by atoms with E-state index in [-0.39, 0.29) is 18.1 Å². The van der Waals surface area contributed by atoms with Crippen LogP contribution < -0.4 is 19.9 Å². The van der Waals surface area contributed by atoms with Crippen LogP contribution >= 0.6 is 0 Å². The average molecular weight is 582 g/mol. The standard InChI is InChI=1S/C32H38F3N5O2/c1-38(2)26-7-3-23(4-8-26)22-39-17-13-25(14-18-39)37-31(41)30-12-11-29(21-36-30)42-28-15-19-40(20-16-28)27-9-5-24(6-10-27)32(33,34)35/h3-12,21,25,28H,13-20,22H2,1-2H3,(H,37,41). The summed E-state index contributed by atoms with van der Waals surface area (Å²) in [7, 11) is 4.07. The van der Waals surface area contributed by atoms with Crippen molar-refractivity contribution < 1.29 is 22.7 Å². The number of aromatic nitrogens is 1. The van der Waals surface area contributed by atoms with Gasteiger partial charge in [-0.25, -0.2) is 4.98 Å². The highest BCUT2D eigenvalue weighted by molar-refractivity contribution is 5.92. The van der Waals surface area contributed by atoms with Gasteiger partial charge in [0.15, 0.2) is 0 Å². The molecule has 0 radical (unpaired) electrons. The topological polar surface area (TPSA) is 60.9 Å². The maximum absolute atomic E-state index is 12.8. The summed E-state index contributed by atoms with van der Waals surface area (Å²) in [6.07, 6.45) is 0.505. The molecule has 1 amide bonds. The second kappa shape index (κ2) is 13.0. The van der Waals surface area contributed by atoms with Gasteiger partial charge >= 0.3 is 6.18 Å². The summed E-state index contributed by atoms with van der Waals surface area (Å²) >= 11 is 0. The van der Waals surface area contributed by atoms with Gasteiger partial charge in [0.2, 0.25) is 0 Å². The van der Waals surface area contributed by atoms with Gasteiger partial charge in [0, 0.05) is 77.1 Å². The second-order valence-electron chi connectivity index (χ2n) is 11.3. The third-order valence-electron chi connectivity index (χ3n) is 8.06. The molecule has 42 heavy (non-hydrogen) atoms. The molecule has 10 heteroatoms. The van der Waals surface area contributed by atoms with Gasteiger partial charge in [-0.1, -0.05) is 12.1 Å². The Labute approximate surface area is 245 Å². The van der Waals surface area contributed by atoms with Crippen LogP contribution in [0.25, 0.3) is 0 Å². The number of likely N-dealkylation sites (tertiary alicyclic amines) is 1. The number of nitrogens with one attached hydrogen (secondary N) is 1. The van der Waals surface area contributed by atoms with Crippen molar-refractivity contribution in [3.63, 3.8) is 0 Å². The number of benzene rings is 2.